The number of anilines is 1. The van der Waals surface area contributed by atoms with Crippen molar-refractivity contribution >= 4 is 34.5 Å². The topological polar surface area (TPSA) is 29.1 Å². The SMILES string of the molecule is O=C(Nc1ccccc1Cc1ccccc1)c1ccc(Cl)s1. The molecule has 3 aromatic rings. The lowest BCUT2D eigenvalue weighted by Gasteiger charge is -2.10. The molecule has 22 heavy (non-hydrogen) atoms. The molecule has 3 rings (SSSR count). The summed E-state index contributed by atoms with van der Waals surface area (Å²) in [5.74, 6) is -0.127. The molecule has 0 bridgehead atoms. The van der Waals surface area contributed by atoms with E-state index in [-0.39, 0.29) is 5.91 Å². The van der Waals surface area contributed by atoms with Gasteiger partial charge in [-0.15, -0.1) is 11.3 Å². The lowest BCUT2D eigenvalue weighted by molar-refractivity contribution is 0.103. The molecule has 0 saturated carbocycles. The van der Waals surface area contributed by atoms with Crippen LogP contribution in [0.4, 0.5) is 5.69 Å². The molecule has 0 atom stereocenters. The second kappa shape index (κ2) is 6.77. The number of rotatable bonds is 4. The molecule has 1 heterocycles. The molecule has 1 amide bonds. The molecule has 1 aromatic heterocycles. The van der Waals surface area contributed by atoms with Crippen molar-refractivity contribution < 1.29 is 4.79 Å². The van der Waals surface area contributed by atoms with E-state index in [0.29, 0.717) is 9.21 Å². The molecular formula is C18H14ClNOS. The third kappa shape index (κ3) is 3.56. The first-order chi connectivity index (χ1) is 10.7. The maximum absolute atomic E-state index is 12.3. The van der Waals surface area contributed by atoms with E-state index in [1.54, 1.807) is 12.1 Å². The Labute approximate surface area is 138 Å². The molecule has 0 unspecified atom stereocenters. The predicted octanol–water partition coefficient (Wildman–Crippen LogP) is 5.24. The minimum absolute atomic E-state index is 0.127. The lowest BCUT2D eigenvalue weighted by atomic mass is 10.0. The Kier molecular flexibility index (Phi) is 4.56. The molecule has 0 saturated heterocycles. The van der Waals surface area contributed by atoms with Crippen LogP contribution in [0.2, 0.25) is 4.34 Å². The van der Waals surface area contributed by atoms with E-state index in [1.165, 1.54) is 16.9 Å². The van der Waals surface area contributed by atoms with E-state index in [0.717, 1.165) is 17.7 Å². The van der Waals surface area contributed by atoms with Gasteiger partial charge < -0.3 is 5.32 Å². The van der Waals surface area contributed by atoms with Crippen molar-refractivity contribution in [2.45, 2.75) is 6.42 Å². The van der Waals surface area contributed by atoms with E-state index in [2.05, 4.69) is 17.4 Å². The number of thiophene rings is 1. The normalized spacial score (nSPS) is 10.4. The van der Waals surface area contributed by atoms with E-state index in [4.69, 9.17) is 11.6 Å². The highest BCUT2D eigenvalue weighted by molar-refractivity contribution is 7.18. The maximum atomic E-state index is 12.3. The minimum Gasteiger partial charge on any atom is -0.321 e. The minimum atomic E-state index is -0.127. The zero-order valence-electron chi connectivity index (χ0n) is 11.8. The van der Waals surface area contributed by atoms with Crippen molar-refractivity contribution in [1.82, 2.24) is 0 Å². The summed E-state index contributed by atoms with van der Waals surface area (Å²) >= 11 is 7.16. The number of carbonyl (C=O) groups is 1. The molecule has 0 spiro atoms. The average Bonchev–Trinajstić information content (AvgIpc) is 2.97. The Morgan fingerprint density at radius 3 is 2.41 bits per heavy atom. The average molecular weight is 328 g/mol. The van der Waals surface area contributed by atoms with Crippen LogP contribution in [0.5, 0.6) is 0 Å². The van der Waals surface area contributed by atoms with Gasteiger partial charge in [-0.1, -0.05) is 60.1 Å². The highest BCUT2D eigenvalue weighted by Gasteiger charge is 2.11. The summed E-state index contributed by atoms with van der Waals surface area (Å²) < 4.78 is 0.614. The smallest absolute Gasteiger partial charge is 0.265 e. The van der Waals surface area contributed by atoms with Crippen LogP contribution in [-0.4, -0.2) is 5.91 Å². The molecule has 4 heteroatoms. The number of para-hydroxylation sites is 1. The van der Waals surface area contributed by atoms with Crippen molar-refractivity contribution in [3.05, 3.63) is 87.1 Å². The quantitative estimate of drug-likeness (QED) is 0.697. The molecule has 2 nitrogen and oxygen atoms in total. The monoisotopic (exact) mass is 327 g/mol. The van der Waals surface area contributed by atoms with Crippen LogP contribution >= 0.6 is 22.9 Å². The third-order valence-electron chi connectivity index (χ3n) is 3.30. The highest BCUT2D eigenvalue weighted by atomic mass is 35.5. The zero-order valence-corrected chi connectivity index (χ0v) is 13.3. The maximum Gasteiger partial charge on any atom is 0.265 e. The highest BCUT2D eigenvalue weighted by Crippen LogP contribution is 2.24. The third-order valence-corrected chi connectivity index (χ3v) is 4.53. The fourth-order valence-corrected chi connectivity index (χ4v) is 3.17. The molecule has 0 radical (unpaired) electrons. The van der Waals surface area contributed by atoms with Gasteiger partial charge in [-0.05, 0) is 35.7 Å². The molecule has 0 aliphatic carbocycles. The summed E-state index contributed by atoms with van der Waals surface area (Å²) in [6, 6.07) is 21.5. The molecule has 0 fully saturated rings. The Bertz CT molecular complexity index is 783. The molecule has 0 aliphatic heterocycles. The van der Waals surface area contributed by atoms with Gasteiger partial charge in [0.05, 0.1) is 9.21 Å². The summed E-state index contributed by atoms with van der Waals surface area (Å²) in [7, 11) is 0. The Balaban J connectivity index is 1.81. The van der Waals surface area contributed by atoms with Crippen molar-refractivity contribution in [3.8, 4) is 0 Å². The number of carbonyl (C=O) groups excluding carboxylic acids is 1. The number of hydrogen-bond acceptors (Lipinski definition) is 2. The fraction of sp³-hybridized carbons (Fsp3) is 0.0556. The van der Waals surface area contributed by atoms with E-state index >= 15 is 0 Å². The number of halogens is 1. The van der Waals surface area contributed by atoms with Gasteiger partial charge in [0.2, 0.25) is 0 Å². The van der Waals surface area contributed by atoms with Gasteiger partial charge in [0.15, 0.2) is 0 Å². The predicted molar refractivity (Wildman–Crippen MR) is 93.0 cm³/mol. The summed E-state index contributed by atoms with van der Waals surface area (Å²) in [5.41, 5.74) is 3.13. The first-order valence-electron chi connectivity index (χ1n) is 6.91. The largest absolute Gasteiger partial charge is 0.321 e. The van der Waals surface area contributed by atoms with Crippen LogP contribution in [0.25, 0.3) is 0 Å². The summed E-state index contributed by atoms with van der Waals surface area (Å²) in [5, 5.41) is 2.97. The van der Waals surface area contributed by atoms with Crippen LogP contribution in [0.1, 0.15) is 20.8 Å². The van der Waals surface area contributed by atoms with Crippen LogP contribution in [0, 0.1) is 0 Å². The van der Waals surface area contributed by atoms with Crippen LogP contribution in [-0.2, 0) is 6.42 Å². The second-order valence-electron chi connectivity index (χ2n) is 4.88. The van der Waals surface area contributed by atoms with Crippen LogP contribution in [0.3, 0.4) is 0 Å². The molecule has 110 valence electrons. The van der Waals surface area contributed by atoms with Crippen molar-refractivity contribution in [1.29, 1.82) is 0 Å². The summed E-state index contributed by atoms with van der Waals surface area (Å²) in [6.45, 7) is 0. The van der Waals surface area contributed by atoms with E-state index in [1.807, 2.05) is 42.5 Å². The van der Waals surface area contributed by atoms with Crippen LogP contribution < -0.4 is 5.32 Å². The zero-order chi connectivity index (χ0) is 15.4. The van der Waals surface area contributed by atoms with E-state index < -0.39 is 0 Å². The van der Waals surface area contributed by atoms with Gasteiger partial charge in [-0.2, -0.15) is 0 Å². The van der Waals surface area contributed by atoms with Gasteiger partial charge in [-0.3, -0.25) is 4.79 Å². The molecular weight excluding hydrogens is 314 g/mol. The summed E-state index contributed by atoms with van der Waals surface area (Å²) in [4.78, 5) is 12.9. The lowest BCUT2D eigenvalue weighted by Crippen LogP contribution is -2.11. The van der Waals surface area contributed by atoms with Gasteiger partial charge >= 0.3 is 0 Å². The van der Waals surface area contributed by atoms with Gasteiger partial charge in [0.25, 0.3) is 5.91 Å². The first-order valence-corrected chi connectivity index (χ1v) is 8.10. The fourth-order valence-electron chi connectivity index (χ4n) is 2.23. The Morgan fingerprint density at radius 1 is 0.955 bits per heavy atom. The van der Waals surface area contributed by atoms with Crippen LogP contribution in [0.15, 0.2) is 66.7 Å². The summed E-state index contributed by atoms with van der Waals surface area (Å²) in [6.07, 6.45) is 0.780. The Hall–Kier alpha value is -2.10. The van der Waals surface area contributed by atoms with Crippen molar-refractivity contribution in [3.63, 3.8) is 0 Å². The number of hydrogen-bond donors (Lipinski definition) is 1. The Morgan fingerprint density at radius 2 is 1.68 bits per heavy atom. The van der Waals surface area contributed by atoms with Gasteiger partial charge in [-0.25, -0.2) is 0 Å². The van der Waals surface area contributed by atoms with E-state index in [9.17, 15) is 4.79 Å². The first kappa shape index (κ1) is 14.8. The standard InChI is InChI=1S/C18H14ClNOS/c19-17-11-10-16(22-17)18(21)20-15-9-5-4-8-14(15)12-13-6-2-1-3-7-13/h1-11H,12H2,(H,20,21). The molecule has 2 aromatic carbocycles. The van der Waals surface area contributed by atoms with Crippen molar-refractivity contribution in [2.75, 3.05) is 5.32 Å². The van der Waals surface area contributed by atoms with Gasteiger partial charge in [0, 0.05) is 5.69 Å². The van der Waals surface area contributed by atoms with Crippen molar-refractivity contribution in [2.24, 2.45) is 0 Å². The van der Waals surface area contributed by atoms with Gasteiger partial charge in [0.1, 0.15) is 0 Å². The molecule has 0 aliphatic rings. The second-order valence-corrected chi connectivity index (χ2v) is 6.59. The molecule has 1 N–H and O–H groups in total. The number of nitrogens with one attached hydrogen (secondary N) is 1. The number of amides is 1. The number of benzene rings is 2.